The van der Waals surface area contributed by atoms with Gasteiger partial charge in [0.15, 0.2) is 0 Å². The van der Waals surface area contributed by atoms with E-state index in [1.54, 1.807) is 10.9 Å². The van der Waals surface area contributed by atoms with E-state index >= 15 is 0 Å². The molecule has 2 N–H and O–H groups in total. The lowest BCUT2D eigenvalue weighted by Crippen LogP contribution is -2.20. The first-order valence-electron chi connectivity index (χ1n) is 7.51. The minimum atomic E-state index is -0.671. The van der Waals surface area contributed by atoms with Crippen molar-refractivity contribution in [3.05, 3.63) is 24.0 Å². The number of carbonyl (C=O) groups excluding carboxylic acids is 1. The quantitative estimate of drug-likeness (QED) is 0.541. The summed E-state index contributed by atoms with van der Waals surface area (Å²) >= 11 is 0. The molecule has 2 aromatic rings. The molecule has 2 heterocycles. The number of hydrogen-bond acceptors (Lipinski definition) is 8. The minimum Gasteiger partial charge on any atom is -0.492 e. The summed E-state index contributed by atoms with van der Waals surface area (Å²) in [6, 6.07) is 2.38. The van der Waals surface area contributed by atoms with Crippen LogP contribution < -0.4 is 4.84 Å². The van der Waals surface area contributed by atoms with Gasteiger partial charge in [0.25, 0.3) is 0 Å². The molecular weight excluding hydrogens is 338 g/mol. The predicted octanol–water partition coefficient (Wildman–Crippen LogP) is 0.0390. The number of rotatable bonds is 11. The normalized spacial score (nSPS) is 10.9. The zero-order valence-corrected chi connectivity index (χ0v) is 13.4. The maximum atomic E-state index is 11.9. The lowest BCUT2D eigenvalue weighted by molar-refractivity contribution is -0.146. The van der Waals surface area contributed by atoms with E-state index in [1.165, 1.54) is 12.1 Å². The molecular formula is C14H19FN4O6. The SMILES string of the molecule is O=C(CCOCCn1cc(COCC[18F])nn1)On1c(O)ccc1O. The number of aromatic hydroxyl groups is 2. The van der Waals surface area contributed by atoms with Gasteiger partial charge < -0.3 is 24.5 Å². The van der Waals surface area contributed by atoms with Crippen molar-refractivity contribution in [2.45, 2.75) is 19.6 Å². The molecule has 0 unspecified atom stereocenters. The third-order valence-corrected chi connectivity index (χ3v) is 2.96. The molecule has 0 bridgehead atoms. The largest absolute Gasteiger partial charge is 0.492 e. The van der Waals surface area contributed by atoms with Crippen LogP contribution in [0.1, 0.15) is 12.1 Å². The van der Waals surface area contributed by atoms with E-state index in [-0.39, 0.29) is 38.0 Å². The summed E-state index contributed by atoms with van der Waals surface area (Å²) in [5.41, 5.74) is 0.586. The number of halogens is 1. The predicted molar refractivity (Wildman–Crippen MR) is 80.4 cm³/mol. The van der Waals surface area contributed by atoms with Gasteiger partial charge in [-0.05, 0) is 0 Å². The summed E-state index contributed by atoms with van der Waals surface area (Å²) in [5, 5.41) is 26.4. The molecule has 0 spiro atoms. The summed E-state index contributed by atoms with van der Waals surface area (Å²) in [7, 11) is 0. The monoisotopic (exact) mass is 357 g/mol. The first kappa shape index (κ1) is 18.7. The second-order valence-corrected chi connectivity index (χ2v) is 4.88. The fraction of sp³-hybridized carbons (Fsp3) is 0.500. The molecule has 0 aliphatic heterocycles. The van der Waals surface area contributed by atoms with Crippen molar-refractivity contribution in [1.82, 2.24) is 19.7 Å². The van der Waals surface area contributed by atoms with Crippen LogP contribution in [0.5, 0.6) is 11.8 Å². The summed E-state index contributed by atoms with van der Waals surface area (Å²) in [5.74, 6) is -1.44. The molecule has 0 saturated carbocycles. The highest BCUT2D eigenvalue weighted by Crippen LogP contribution is 2.18. The Labute approximate surface area is 142 Å². The topological polar surface area (TPSA) is 121 Å². The number of hydrogen-bond donors (Lipinski definition) is 2. The van der Waals surface area contributed by atoms with Crippen LogP contribution in [0, 0.1) is 0 Å². The minimum absolute atomic E-state index is 0.0185. The van der Waals surface area contributed by atoms with Crippen LogP contribution in [0.15, 0.2) is 18.3 Å². The van der Waals surface area contributed by atoms with Gasteiger partial charge in [0.05, 0.1) is 45.6 Å². The number of alkyl halides is 1. The molecule has 0 amide bonds. The van der Waals surface area contributed by atoms with Crippen LogP contribution in [0.2, 0.25) is 0 Å². The Balaban J connectivity index is 1.59. The van der Waals surface area contributed by atoms with Gasteiger partial charge in [-0.3, -0.25) is 0 Å². The standard InChI is InChI=1S/C14H19FN4O6/c15-4-7-24-10-11-9-18(17-16-11)5-8-23-6-3-14(22)25-19-12(20)1-2-13(19)21/h1-2,9,20-21H,3-8,10H2/i15-1. The Kier molecular flexibility index (Phi) is 7.16. The van der Waals surface area contributed by atoms with Gasteiger partial charge in [-0.25, -0.2) is 13.9 Å². The van der Waals surface area contributed by atoms with E-state index in [9.17, 15) is 19.4 Å². The van der Waals surface area contributed by atoms with Crippen LogP contribution in [0.3, 0.4) is 0 Å². The van der Waals surface area contributed by atoms with Crippen LogP contribution in [-0.4, -0.2) is 62.4 Å². The number of ether oxygens (including phenoxy) is 2. The fourth-order valence-corrected chi connectivity index (χ4v) is 1.80. The lowest BCUT2D eigenvalue weighted by atomic mass is 10.5. The third kappa shape index (κ3) is 6.04. The molecule has 2 aromatic heterocycles. The van der Waals surface area contributed by atoms with E-state index < -0.39 is 12.6 Å². The van der Waals surface area contributed by atoms with Crippen LogP contribution >= 0.6 is 0 Å². The van der Waals surface area contributed by atoms with E-state index in [0.29, 0.717) is 23.6 Å². The van der Waals surface area contributed by atoms with Crippen LogP contribution in [-0.2, 0) is 27.4 Å². The molecule has 2 rings (SSSR count). The van der Waals surface area contributed by atoms with Gasteiger partial charge in [-0.2, -0.15) is 0 Å². The second-order valence-electron chi connectivity index (χ2n) is 4.88. The molecule has 0 radical (unpaired) electrons. The smallest absolute Gasteiger partial charge is 0.335 e. The number of aromatic nitrogens is 4. The Morgan fingerprint density at radius 1 is 1.16 bits per heavy atom. The van der Waals surface area contributed by atoms with Crippen LogP contribution in [0.4, 0.5) is 4.39 Å². The zero-order valence-electron chi connectivity index (χ0n) is 13.4. The first-order chi connectivity index (χ1) is 12.1. The van der Waals surface area contributed by atoms with Gasteiger partial charge >= 0.3 is 5.97 Å². The highest BCUT2D eigenvalue weighted by Gasteiger charge is 2.12. The van der Waals surface area contributed by atoms with Gasteiger partial charge in [-0.1, -0.05) is 5.21 Å². The van der Waals surface area contributed by atoms with Crippen molar-refractivity contribution in [3.8, 4) is 11.8 Å². The van der Waals surface area contributed by atoms with E-state index in [4.69, 9.17) is 14.3 Å². The van der Waals surface area contributed by atoms with Crippen molar-refractivity contribution in [3.63, 3.8) is 0 Å². The molecule has 138 valence electrons. The Hall–Kier alpha value is -2.66. The molecule has 10 nitrogen and oxygen atoms in total. The molecule has 0 aliphatic carbocycles. The van der Waals surface area contributed by atoms with Gasteiger partial charge in [0.1, 0.15) is 12.4 Å². The maximum absolute atomic E-state index is 11.9. The van der Waals surface area contributed by atoms with Crippen molar-refractivity contribution in [1.29, 1.82) is 0 Å². The highest BCUT2D eigenvalue weighted by atomic mass is 18.2. The maximum Gasteiger partial charge on any atom is 0.335 e. The average Bonchev–Trinajstić information content (AvgIpc) is 3.16. The van der Waals surface area contributed by atoms with E-state index in [2.05, 4.69) is 10.3 Å². The summed E-state index contributed by atoms with van der Waals surface area (Å²) in [6.07, 6.45) is 1.60. The molecule has 25 heavy (non-hydrogen) atoms. The summed E-state index contributed by atoms with van der Waals surface area (Å²) < 4.78 is 24.4. The third-order valence-electron chi connectivity index (χ3n) is 2.96. The van der Waals surface area contributed by atoms with Gasteiger partial charge in [0.2, 0.25) is 11.8 Å². The zero-order chi connectivity index (χ0) is 18.1. The van der Waals surface area contributed by atoms with Crippen LogP contribution in [0.25, 0.3) is 0 Å². The fourth-order valence-electron chi connectivity index (χ4n) is 1.80. The molecule has 0 saturated heterocycles. The Bertz CT molecular complexity index is 655. The van der Waals surface area contributed by atoms with Crippen molar-refractivity contribution in [2.75, 3.05) is 26.5 Å². The summed E-state index contributed by atoms with van der Waals surface area (Å²) in [4.78, 5) is 16.3. The summed E-state index contributed by atoms with van der Waals surface area (Å²) in [6.45, 7) is 0.475. The van der Waals surface area contributed by atoms with Crippen molar-refractivity contribution >= 4 is 5.97 Å². The molecule has 11 heteroatoms. The first-order valence-corrected chi connectivity index (χ1v) is 7.51. The highest BCUT2D eigenvalue weighted by molar-refractivity contribution is 5.70. The Morgan fingerprint density at radius 3 is 2.64 bits per heavy atom. The molecule has 0 atom stereocenters. The van der Waals surface area contributed by atoms with E-state index in [1.807, 2.05) is 0 Å². The lowest BCUT2D eigenvalue weighted by Gasteiger charge is -2.07. The average molecular weight is 357 g/mol. The van der Waals surface area contributed by atoms with Crippen molar-refractivity contribution in [2.24, 2.45) is 0 Å². The van der Waals surface area contributed by atoms with E-state index in [0.717, 1.165) is 0 Å². The molecule has 0 fully saturated rings. The van der Waals surface area contributed by atoms with Gasteiger partial charge in [-0.15, -0.1) is 9.83 Å². The molecule has 0 aliphatic rings. The van der Waals surface area contributed by atoms with Crippen molar-refractivity contribution < 1.29 is 33.7 Å². The van der Waals surface area contributed by atoms with Gasteiger partial charge in [0, 0.05) is 12.1 Å². The Morgan fingerprint density at radius 2 is 1.92 bits per heavy atom. The number of nitrogens with zero attached hydrogens (tertiary/aromatic N) is 4. The molecule has 0 aromatic carbocycles. The number of carbonyl (C=O) groups is 1. The second kappa shape index (κ2) is 9.59.